The van der Waals surface area contributed by atoms with E-state index >= 15 is 0 Å². The second-order valence-electron chi connectivity index (χ2n) is 4.73. The zero-order chi connectivity index (χ0) is 15.0. The Bertz CT molecular complexity index is 678. The van der Waals surface area contributed by atoms with Gasteiger partial charge < -0.3 is 14.6 Å². The van der Waals surface area contributed by atoms with E-state index < -0.39 is 5.82 Å². The molecule has 1 fully saturated rings. The lowest BCUT2D eigenvalue weighted by Gasteiger charge is -2.14. The van der Waals surface area contributed by atoms with E-state index in [0.717, 1.165) is 0 Å². The van der Waals surface area contributed by atoms with Crippen LogP contribution in [0.1, 0.15) is 12.5 Å². The minimum absolute atomic E-state index is 0.00266. The quantitative estimate of drug-likeness (QED) is 0.947. The number of carbonyl (C=O) groups excluding carboxylic acids is 1. The molecule has 1 amide bonds. The fourth-order valence-electron chi connectivity index (χ4n) is 2.52. The highest BCUT2D eigenvalue weighted by molar-refractivity contribution is 6.32. The molecule has 0 unspecified atom stereocenters. The summed E-state index contributed by atoms with van der Waals surface area (Å²) in [5.41, 5.74) is 0.503. The van der Waals surface area contributed by atoms with Gasteiger partial charge in [0.2, 0.25) is 5.91 Å². The Kier molecular flexibility index (Phi) is 3.55. The van der Waals surface area contributed by atoms with E-state index in [4.69, 9.17) is 16.3 Å². The highest BCUT2D eigenvalue weighted by Crippen LogP contribution is 2.34. The predicted octanol–water partition coefficient (Wildman–Crippen LogP) is 2.41. The molecule has 1 aromatic heterocycles. The van der Waals surface area contributed by atoms with Gasteiger partial charge in [0.15, 0.2) is 11.6 Å². The Morgan fingerprint density at radius 1 is 1.52 bits per heavy atom. The standard InChI is InChI=1S/C14H13ClFN3O2/c1-21-12-9(15)6-8(7-10(12)16)13-17-4-5-19(13)11-2-3-18-14(11)20/h4-7,11H,2-3H2,1H3,(H,18,20)/t11-/m0/s1. The molecule has 1 aliphatic rings. The van der Waals surface area contributed by atoms with Crippen LogP contribution in [0.3, 0.4) is 0 Å². The lowest BCUT2D eigenvalue weighted by molar-refractivity contribution is -0.121. The number of carbonyl (C=O) groups is 1. The van der Waals surface area contributed by atoms with Gasteiger partial charge in [-0.3, -0.25) is 4.79 Å². The van der Waals surface area contributed by atoms with Gasteiger partial charge in [0.05, 0.1) is 12.1 Å². The van der Waals surface area contributed by atoms with Gasteiger partial charge in [-0.05, 0) is 18.6 Å². The normalized spacial score (nSPS) is 17.9. The zero-order valence-electron chi connectivity index (χ0n) is 11.3. The molecule has 1 aromatic carbocycles. The van der Waals surface area contributed by atoms with Gasteiger partial charge in [-0.15, -0.1) is 0 Å². The SMILES string of the molecule is COc1c(F)cc(-c2nccn2[C@H]2CCNC2=O)cc1Cl. The number of hydrogen-bond acceptors (Lipinski definition) is 3. The second-order valence-corrected chi connectivity index (χ2v) is 5.13. The van der Waals surface area contributed by atoms with Crippen LogP contribution in [0.2, 0.25) is 5.02 Å². The van der Waals surface area contributed by atoms with E-state index in [1.165, 1.54) is 13.2 Å². The van der Waals surface area contributed by atoms with Gasteiger partial charge in [-0.1, -0.05) is 11.6 Å². The first-order valence-electron chi connectivity index (χ1n) is 6.45. The Morgan fingerprint density at radius 2 is 2.33 bits per heavy atom. The molecule has 0 radical (unpaired) electrons. The Labute approximate surface area is 125 Å². The molecule has 1 saturated heterocycles. The third kappa shape index (κ3) is 2.35. The molecule has 2 heterocycles. The summed E-state index contributed by atoms with van der Waals surface area (Å²) in [6.07, 6.45) is 3.96. The molecular weight excluding hydrogens is 297 g/mol. The molecule has 110 valence electrons. The Balaban J connectivity index is 2.06. The maximum absolute atomic E-state index is 14.0. The molecule has 1 aliphatic heterocycles. The molecule has 3 rings (SSSR count). The predicted molar refractivity (Wildman–Crippen MR) is 75.8 cm³/mol. The van der Waals surface area contributed by atoms with Crippen molar-refractivity contribution in [3.05, 3.63) is 35.4 Å². The summed E-state index contributed by atoms with van der Waals surface area (Å²) >= 11 is 6.01. The maximum atomic E-state index is 14.0. The van der Waals surface area contributed by atoms with Crippen LogP contribution in [-0.2, 0) is 4.79 Å². The first-order valence-corrected chi connectivity index (χ1v) is 6.83. The number of aromatic nitrogens is 2. The van der Waals surface area contributed by atoms with E-state index in [9.17, 15) is 9.18 Å². The van der Waals surface area contributed by atoms with E-state index in [1.807, 2.05) is 0 Å². The molecule has 2 aromatic rings. The summed E-state index contributed by atoms with van der Waals surface area (Å²) in [6.45, 7) is 0.624. The molecule has 0 spiro atoms. The Hall–Kier alpha value is -2.08. The molecule has 21 heavy (non-hydrogen) atoms. The van der Waals surface area contributed by atoms with E-state index in [0.29, 0.717) is 24.4 Å². The van der Waals surface area contributed by atoms with Crippen LogP contribution in [0.15, 0.2) is 24.5 Å². The van der Waals surface area contributed by atoms with Crippen LogP contribution in [0.25, 0.3) is 11.4 Å². The van der Waals surface area contributed by atoms with E-state index in [-0.39, 0.29) is 22.7 Å². The second kappa shape index (κ2) is 5.37. The minimum Gasteiger partial charge on any atom is -0.492 e. The van der Waals surface area contributed by atoms with Gasteiger partial charge in [0.1, 0.15) is 11.9 Å². The molecule has 0 aliphatic carbocycles. The van der Waals surface area contributed by atoms with Crippen LogP contribution < -0.4 is 10.1 Å². The van der Waals surface area contributed by atoms with Crippen molar-refractivity contribution in [1.82, 2.24) is 14.9 Å². The smallest absolute Gasteiger partial charge is 0.243 e. The summed E-state index contributed by atoms with van der Waals surface area (Å²) in [5.74, 6) is -0.127. The van der Waals surface area contributed by atoms with Gasteiger partial charge in [0.25, 0.3) is 0 Å². The number of ether oxygens (including phenoxy) is 1. The first kappa shape index (κ1) is 13.9. The largest absolute Gasteiger partial charge is 0.492 e. The van der Waals surface area contributed by atoms with Gasteiger partial charge in [0, 0.05) is 24.5 Å². The number of nitrogens with one attached hydrogen (secondary N) is 1. The van der Waals surface area contributed by atoms with Gasteiger partial charge in [-0.25, -0.2) is 9.37 Å². The zero-order valence-corrected chi connectivity index (χ0v) is 12.0. The molecule has 1 atom stereocenters. The number of hydrogen-bond donors (Lipinski definition) is 1. The molecule has 0 saturated carbocycles. The number of imidazole rings is 1. The van der Waals surface area contributed by atoms with Crippen molar-refractivity contribution in [2.75, 3.05) is 13.7 Å². The number of methoxy groups -OCH3 is 1. The third-order valence-corrected chi connectivity index (χ3v) is 3.77. The molecule has 5 nitrogen and oxygen atoms in total. The van der Waals surface area contributed by atoms with Crippen LogP contribution in [0, 0.1) is 5.82 Å². The summed E-state index contributed by atoms with van der Waals surface area (Å²) in [5, 5.41) is 2.93. The lowest BCUT2D eigenvalue weighted by Crippen LogP contribution is -2.22. The molecule has 0 bridgehead atoms. The average molecular weight is 310 g/mol. The van der Waals surface area contributed by atoms with E-state index in [2.05, 4.69) is 10.3 Å². The van der Waals surface area contributed by atoms with Crippen molar-refractivity contribution in [2.45, 2.75) is 12.5 Å². The Morgan fingerprint density at radius 3 is 2.95 bits per heavy atom. The third-order valence-electron chi connectivity index (χ3n) is 3.48. The number of nitrogens with zero attached hydrogens (tertiary/aromatic N) is 2. The molecular formula is C14H13ClFN3O2. The number of halogens is 2. The van der Waals surface area contributed by atoms with Crippen molar-refractivity contribution < 1.29 is 13.9 Å². The first-order chi connectivity index (χ1) is 10.1. The van der Waals surface area contributed by atoms with Crippen molar-refractivity contribution >= 4 is 17.5 Å². The minimum atomic E-state index is -0.564. The van der Waals surface area contributed by atoms with Crippen LogP contribution in [-0.4, -0.2) is 29.1 Å². The number of amides is 1. The highest BCUT2D eigenvalue weighted by Gasteiger charge is 2.28. The molecule has 7 heteroatoms. The van der Waals surface area contributed by atoms with Crippen LogP contribution in [0.5, 0.6) is 5.75 Å². The monoisotopic (exact) mass is 309 g/mol. The molecule has 1 N–H and O–H groups in total. The van der Waals surface area contributed by atoms with Crippen molar-refractivity contribution in [3.63, 3.8) is 0 Å². The average Bonchev–Trinajstić information content (AvgIpc) is 3.06. The number of benzene rings is 1. The maximum Gasteiger partial charge on any atom is 0.243 e. The summed E-state index contributed by atoms with van der Waals surface area (Å²) in [4.78, 5) is 16.0. The fourth-order valence-corrected chi connectivity index (χ4v) is 2.80. The topological polar surface area (TPSA) is 56.1 Å². The van der Waals surface area contributed by atoms with Crippen LogP contribution in [0.4, 0.5) is 4.39 Å². The summed E-state index contributed by atoms with van der Waals surface area (Å²) < 4.78 is 20.6. The fraction of sp³-hybridized carbons (Fsp3) is 0.286. The summed E-state index contributed by atoms with van der Waals surface area (Å²) in [7, 11) is 1.35. The van der Waals surface area contributed by atoms with Crippen molar-refractivity contribution in [2.24, 2.45) is 0 Å². The number of rotatable bonds is 3. The van der Waals surface area contributed by atoms with Gasteiger partial charge in [-0.2, -0.15) is 0 Å². The van der Waals surface area contributed by atoms with Crippen molar-refractivity contribution in [1.29, 1.82) is 0 Å². The van der Waals surface area contributed by atoms with Gasteiger partial charge >= 0.3 is 0 Å². The summed E-state index contributed by atoms with van der Waals surface area (Å²) in [6, 6.07) is 2.55. The van der Waals surface area contributed by atoms with Crippen molar-refractivity contribution in [3.8, 4) is 17.1 Å². The van der Waals surface area contributed by atoms with E-state index in [1.54, 1.807) is 23.0 Å². The van der Waals surface area contributed by atoms with Crippen LogP contribution >= 0.6 is 11.6 Å². The highest BCUT2D eigenvalue weighted by atomic mass is 35.5. The lowest BCUT2D eigenvalue weighted by atomic mass is 10.1.